The van der Waals surface area contributed by atoms with Crippen molar-refractivity contribution < 1.29 is 14.3 Å². The Morgan fingerprint density at radius 2 is 1.94 bits per heavy atom. The van der Waals surface area contributed by atoms with E-state index in [0.29, 0.717) is 13.0 Å². The standard InChI is InChI=1S/C11H23N3O3/c1-11(2,3)6-8(7-12)9(15)14-4-5-17-10(13)16/h8H,4-7,12H2,1-3H3,(H2,13,16)(H,14,15). The van der Waals surface area contributed by atoms with Crippen molar-refractivity contribution in [3.8, 4) is 0 Å². The molecule has 0 saturated carbocycles. The van der Waals surface area contributed by atoms with Gasteiger partial charge in [0, 0.05) is 6.54 Å². The molecular formula is C11H23N3O3. The van der Waals surface area contributed by atoms with Crippen molar-refractivity contribution in [2.45, 2.75) is 27.2 Å². The second kappa shape index (κ2) is 7.11. The monoisotopic (exact) mass is 245 g/mol. The van der Waals surface area contributed by atoms with E-state index >= 15 is 0 Å². The number of amides is 2. The van der Waals surface area contributed by atoms with E-state index in [2.05, 4.69) is 30.8 Å². The predicted molar refractivity (Wildman–Crippen MR) is 65.2 cm³/mol. The van der Waals surface area contributed by atoms with Gasteiger partial charge in [-0.05, 0) is 11.8 Å². The van der Waals surface area contributed by atoms with Crippen molar-refractivity contribution in [1.82, 2.24) is 5.32 Å². The summed E-state index contributed by atoms with van der Waals surface area (Å²) < 4.78 is 4.50. The third-order valence-electron chi connectivity index (χ3n) is 2.16. The van der Waals surface area contributed by atoms with Crippen LogP contribution in [0, 0.1) is 11.3 Å². The summed E-state index contributed by atoms with van der Waals surface area (Å²) in [4.78, 5) is 22.0. The normalized spacial score (nSPS) is 12.9. The Balaban J connectivity index is 3.97. The molecule has 0 aliphatic rings. The van der Waals surface area contributed by atoms with Gasteiger partial charge in [0.1, 0.15) is 6.61 Å². The highest BCUT2D eigenvalue weighted by molar-refractivity contribution is 5.78. The Morgan fingerprint density at radius 1 is 1.35 bits per heavy atom. The molecule has 17 heavy (non-hydrogen) atoms. The molecule has 100 valence electrons. The fraction of sp³-hybridized carbons (Fsp3) is 0.818. The Morgan fingerprint density at radius 3 is 2.35 bits per heavy atom. The molecule has 0 aromatic carbocycles. The van der Waals surface area contributed by atoms with E-state index in [9.17, 15) is 9.59 Å². The fourth-order valence-corrected chi connectivity index (χ4v) is 1.49. The third-order valence-corrected chi connectivity index (χ3v) is 2.16. The number of nitrogens with one attached hydrogen (secondary N) is 1. The average molecular weight is 245 g/mol. The Bertz CT molecular complexity index is 261. The summed E-state index contributed by atoms with van der Waals surface area (Å²) in [5.41, 5.74) is 10.4. The van der Waals surface area contributed by atoms with Crippen molar-refractivity contribution in [2.75, 3.05) is 19.7 Å². The SMILES string of the molecule is CC(C)(C)CC(CN)C(=O)NCCOC(N)=O. The van der Waals surface area contributed by atoms with E-state index in [4.69, 9.17) is 11.5 Å². The maximum Gasteiger partial charge on any atom is 0.404 e. The molecule has 0 rings (SSSR count). The second-order valence-electron chi connectivity index (χ2n) is 5.16. The number of rotatable bonds is 6. The second-order valence-corrected chi connectivity index (χ2v) is 5.16. The maximum atomic E-state index is 11.7. The number of carbonyl (C=O) groups excluding carboxylic acids is 2. The van der Waals surface area contributed by atoms with Crippen molar-refractivity contribution in [3.63, 3.8) is 0 Å². The first kappa shape index (κ1) is 15.7. The molecule has 0 saturated heterocycles. The summed E-state index contributed by atoms with van der Waals surface area (Å²) in [5, 5.41) is 2.66. The molecule has 6 nitrogen and oxygen atoms in total. The van der Waals surface area contributed by atoms with E-state index in [1.165, 1.54) is 0 Å². The van der Waals surface area contributed by atoms with E-state index in [-0.39, 0.29) is 30.4 Å². The topological polar surface area (TPSA) is 107 Å². The zero-order valence-corrected chi connectivity index (χ0v) is 10.8. The first-order valence-electron chi connectivity index (χ1n) is 5.66. The zero-order valence-electron chi connectivity index (χ0n) is 10.8. The molecule has 0 aliphatic heterocycles. The molecule has 0 fully saturated rings. The minimum Gasteiger partial charge on any atom is -0.448 e. The number of carbonyl (C=O) groups is 2. The molecule has 0 aromatic rings. The quantitative estimate of drug-likeness (QED) is 0.581. The first-order chi connectivity index (χ1) is 7.76. The van der Waals surface area contributed by atoms with Crippen LogP contribution in [0.15, 0.2) is 0 Å². The van der Waals surface area contributed by atoms with Crippen LogP contribution in [-0.4, -0.2) is 31.7 Å². The van der Waals surface area contributed by atoms with E-state index in [1.807, 2.05) is 0 Å². The van der Waals surface area contributed by atoms with Crippen LogP contribution < -0.4 is 16.8 Å². The van der Waals surface area contributed by atoms with Crippen LogP contribution in [0.5, 0.6) is 0 Å². The number of hydrogen-bond acceptors (Lipinski definition) is 4. The van der Waals surface area contributed by atoms with E-state index in [1.54, 1.807) is 0 Å². The molecule has 6 heteroatoms. The lowest BCUT2D eigenvalue weighted by Crippen LogP contribution is -2.39. The molecule has 0 radical (unpaired) electrons. The van der Waals surface area contributed by atoms with Crippen LogP contribution in [0.25, 0.3) is 0 Å². The van der Waals surface area contributed by atoms with Crippen LogP contribution in [0.1, 0.15) is 27.2 Å². The van der Waals surface area contributed by atoms with Crippen LogP contribution in [0.3, 0.4) is 0 Å². The van der Waals surface area contributed by atoms with Gasteiger partial charge in [-0.1, -0.05) is 20.8 Å². The van der Waals surface area contributed by atoms with Crippen LogP contribution in [0.2, 0.25) is 0 Å². The van der Waals surface area contributed by atoms with Crippen molar-refractivity contribution >= 4 is 12.0 Å². The number of primary amides is 1. The molecule has 0 bridgehead atoms. The smallest absolute Gasteiger partial charge is 0.404 e. The summed E-state index contributed by atoms with van der Waals surface area (Å²) in [7, 11) is 0. The van der Waals surface area contributed by atoms with Gasteiger partial charge >= 0.3 is 6.09 Å². The lowest BCUT2D eigenvalue weighted by molar-refractivity contribution is -0.125. The minimum atomic E-state index is -0.843. The fourth-order valence-electron chi connectivity index (χ4n) is 1.49. The summed E-state index contributed by atoms with van der Waals surface area (Å²) in [5.74, 6) is -0.334. The van der Waals surface area contributed by atoms with Crippen molar-refractivity contribution in [2.24, 2.45) is 22.8 Å². The summed E-state index contributed by atoms with van der Waals surface area (Å²) >= 11 is 0. The van der Waals surface area contributed by atoms with Gasteiger partial charge in [0.25, 0.3) is 0 Å². The molecule has 1 atom stereocenters. The van der Waals surface area contributed by atoms with Gasteiger partial charge in [0.05, 0.1) is 12.5 Å². The van der Waals surface area contributed by atoms with Gasteiger partial charge in [-0.15, -0.1) is 0 Å². The highest BCUT2D eigenvalue weighted by Crippen LogP contribution is 2.23. The lowest BCUT2D eigenvalue weighted by Gasteiger charge is -2.24. The van der Waals surface area contributed by atoms with Gasteiger partial charge in [0.15, 0.2) is 0 Å². The molecule has 0 aliphatic carbocycles. The van der Waals surface area contributed by atoms with E-state index < -0.39 is 6.09 Å². The summed E-state index contributed by atoms with van der Waals surface area (Å²) in [6, 6.07) is 0. The molecule has 0 heterocycles. The van der Waals surface area contributed by atoms with Crippen molar-refractivity contribution in [3.05, 3.63) is 0 Å². The molecule has 0 aromatic heterocycles. The highest BCUT2D eigenvalue weighted by atomic mass is 16.5. The molecule has 5 N–H and O–H groups in total. The minimum absolute atomic E-state index is 0.0467. The average Bonchev–Trinajstić information content (AvgIpc) is 2.19. The first-order valence-corrected chi connectivity index (χ1v) is 5.66. The van der Waals surface area contributed by atoms with Crippen LogP contribution in [-0.2, 0) is 9.53 Å². The zero-order chi connectivity index (χ0) is 13.5. The number of nitrogens with two attached hydrogens (primary N) is 2. The number of hydrogen-bond donors (Lipinski definition) is 3. The highest BCUT2D eigenvalue weighted by Gasteiger charge is 2.23. The van der Waals surface area contributed by atoms with Gasteiger partial charge in [-0.2, -0.15) is 0 Å². The maximum absolute atomic E-state index is 11.7. The Hall–Kier alpha value is -1.30. The Kier molecular flexibility index (Phi) is 6.57. The van der Waals surface area contributed by atoms with Crippen molar-refractivity contribution in [1.29, 1.82) is 0 Å². The molecule has 2 amide bonds. The Labute approximate surface area is 102 Å². The molecule has 0 spiro atoms. The van der Waals surface area contributed by atoms with Gasteiger partial charge in [-0.3, -0.25) is 4.79 Å². The van der Waals surface area contributed by atoms with Gasteiger partial charge in [-0.25, -0.2) is 4.79 Å². The van der Waals surface area contributed by atoms with Crippen LogP contribution >= 0.6 is 0 Å². The number of ether oxygens (including phenoxy) is 1. The largest absolute Gasteiger partial charge is 0.448 e. The van der Waals surface area contributed by atoms with Gasteiger partial charge < -0.3 is 21.5 Å². The lowest BCUT2D eigenvalue weighted by atomic mass is 9.84. The molecular weight excluding hydrogens is 222 g/mol. The summed E-state index contributed by atoms with van der Waals surface area (Å²) in [6.45, 7) is 6.80. The van der Waals surface area contributed by atoms with Gasteiger partial charge in [0.2, 0.25) is 5.91 Å². The molecule has 1 unspecified atom stereocenters. The van der Waals surface area contributed by atoms with E-state index in [0.717, 1.165) is 0 Å². The van der Waals surface area contributed by atoms with Crippen LogP contribution in [0.4, 0.5) is 4.79 Å². The third kappa shape index (κ3) is 8.50. The predicted octanol–water partition coefficient (Wildman–Crippen LogP) is 0.209. The summed E-state index contributed by atoms with van der Waals surface area (Å²) in [6.07, 6.45) is -0.129.